The Morgan fingerprint density at radius 3 is 2.67 bits per heavy atom. The first kappa shape index (κ1) is 10.6. The molecule has 1 aliphatic carbocycles. The van der Waals surface area contributed by atoms with Crippen molar-refractivity contribution in [1.82, 2.24) is 0 Å². The SMILES string of the molecule is COC(=O)[C@@]1(N)C[C@@H]1c1ccc(Br)cc1. The molecule has 80 valence electrons. The highest BCUT2D eigenvalue weighted by molar-refractivity contribution is 9.10. The number of ether oxygens (including phenoxy) is 1. The number of rotatable bonds is 2. The van der Waals surface area contributed by atoms with Crippen LogP contribution in [0.5, 0.6) is 0 Å². The second-order valence-corrected chi connectivity index (χ2v) is 4.76. The number of esters is 1. The van der Waals surface area contributed by atoms with E-state index < -0.39 is 5.54 Å². The Bertz CT molecular complexity index is 390. The Kier molecular flexibility index (Phi) is 2.56. The van der Waals surface area contributed by atoms with Crippen molar-refractivity contribution in [3.8, 4) is 0 Å². The van der Waals surface area contributed by atoms with Gasteiger partial charge in [-0.1, -0.05) is 28.1 Å². The molecule has 0 amide bonds. The quantitative estimate of drug-likeness (QED) is 0.834. The molecule has 2 N–H and O–H groups in total. The molecule has 0 heterocycles. The van der Waals surface area contributed by atoms with Gasteiger partial charge in [0.25, 0.3) is 0 Å². The van der Waals surface area contributed by atoms with E-state index in [1.807, 2.05) is 24.3 Å². The topological polar surface area (TPSA) is 52.3 Å². The average molecular weight is 270 g/mol. The smallest absolute Gasteiger partial charge is 0.326 e. The fourth-order valence-corrected chi connectivity index (χ4v) is 2.07. The van der Waals surface area contributed by atoms with E-state index in [0.717, 1.165) is 10.0 Å². The summed E-state index contributed by atoms with van der Waals surface area (Å²) in [6, 6.07) is 7.86. The Balaban J connectivity index is 2.16. The third-order valence-corrected chi connectivity index (χ3v) is 3.37. The van der Waals surface area contributed by atoms with E-state index in [1.165, 1.54) is 7.11 Å². The van der Waals surface area contributed by atoms with E-state index in [1.54, 1.807) is 0 Å². The number of carbonyl (C=O) groups is 1. The molecular formula is C11H12BrNO2. The van der Waals surface area contributed by atoms with Crippen LogP contribution >= 0.6 is 15.9 Å². The van der Waals surface area contributed by atoms with Crippen molar-refractivity contribution in [2.75, 3.05) is 7.11 Å². The van der Waals surface area contributed by atoms with Gasteiger partial charge in [-0.15, -0.1) is 0 Å². The summed E-state index contributed by atoms with van der Waals surface area (Å²) >= 11 is 3.36. The van der Waals surface area contributed by atoms with Gasteiger partial charge in [0.05, 0.1) is 7.11 Å². The second kappa shape index (κ2) is 3.61. The summed E-state index contributed by atoms with van der Waals surface area (Å²) in [5, 5.41) is 0. The number of hydrogen-bond acceptors (Lipinski definition) is 3. The van der Waals surface area contributed by atoms with E-state index in [9.17, 15) is 4.79 Å². The minimum Gasteiger partial charge on any atom is -0.468 e. The molecule has 3 nitrogen and oxygen atoms in total. The van der Waals surface area contributed by atoms with Gasteiger partial charge in [0.1, 0.15) is 5.54 Å². The van der Waals surface area contributed by atoms with Crippen LogP contribution in [0.1, 0.15) is 17.9 Å². The summed E-state index contributed by atoms with van der Waals surface area (Å²) in [6.45, 7) is 0. The molecule has 15 heavy (non-hydrogen) atoms. The third kappa shape index (κ3) is 1.79. The second-order valence-electron chi connectivity index (χ2n) is 3.84. The lowest BCUT2D eigenvalue weighted by molar-refractivity contribution is -0.143. The van der Waals surface area contributed by atoms with Gasteiger partial charge in [-0.2, -0.15) is 0 Å². The van der Waals surface area contributed by atoms with Gasteiger partial charge in [0, 0.05) is 10.4 Å². The van der Waals surface area contributed by atoms with Gasteiger partial charge in [-0.05, 0) is 24.1 Å². The third-order valence-electron chi connectivity index (χ3n) is 2.84. The van der Waals surface area contributed by atoms with Crippen molar-refractivity contribution in [1.29, 1.82) is 0 Å². The van der Waals surface area contributed by atoms with Crippen molar-refractivity contribution in [3.63, 3.8) is 0 Å². The molecule has 1 saturated carbocycles. The van der Waals surface area contributed by atoms with Gasteiger partial charge in [0.2, 0.25) is 0 Å². The van der Waals surface area contributed by atoms with Crippen molar-refractivity contribution in [3.05, 3.63) is 34.3 Å². The first-order valence-electron chi connectivity index (χ1n) is 4.70. The van der Waals surface area contributed by atoms with E-state index in [4.69, 9.17) is 5.73 Å². The first-order chi connectivity index (χ1) is 7.08. The highest BCUT2D eigenvalue weighted by atomic mass is 79.9. The Labute approximate surface area is 96.7 Å². The standard InChI is InChI=1S/C11H12BrNO2/c1-15-10(14)11(13)6-9(11)7-2-4-8(12)5-3-7/h2-5,9H,6,13H2,1H3/t9-,11-/m1/s1. The fraction of sp³-hybridized carbons (Fsp3) is 0.364. The first-order valence-corrected chi connectivity index (χ1v) is 5.50. The highest BCUT2D eigenvalue weighted by Gasteiger charge is 2.58. The predicted molar refractivity (Wildman–Crippen MR) is 60.4 cm³/mol. The summed E-state index contributed by atoms with van der Waals surface area (Å²) < 4.78 is 5.70. The van der Waals surface area contributed by atoms with Gasteiger partial charge >= 0.3 is 5.97 Å². The van der Waals surface area contributed by atoms with Gasteiger partial charge in [-0.3, -0.25) is 4.79 Å². The molecule has 0 bridgehead atoms. The van der Waals surface area contributed by atoms with Gasteiger partial charge < -0.3 is 10.5 Å². The predicted octanol–water partition coefficient (Wildman–Crippen LogP) is 1.81. The lowest BCUT2D eigenvalue weighted by atomic mass is 10.1. The fourth-order valence-electron chi connectivity index (χ4n) is 1.80. The van der Waals surface area contributed by atoms with Crippen LogP contribution in [0.3, 0.4) is 0 Å². The van der Waals surface area contributed by atoms with E-state index in [0.29, 0.717) is 6.42 Å². The maximum atomic E-state index is 11.4. The van der Waals surface area contributed by atoms with Crippen molar-refractivity contribution in [2.45, 2.75) is 17.9 Å². The lowest BCUT2D eigenvalue weighted by Gasteiger charge is -2.08. The summed E-state index contributed by atoms with van der Waals surface area (Å²) in [5.74, 6) is -0.228. The van der Waals surface area contributed by atoms with Crippen LogP contribution < -0.4 is 5.73 Å². The van der Waals surface area contributed by atoms with E-state index >= 15 is 0 Å². The lowest BCUT2D eigenvalue weighted by Crippen LogP contribution is -2.35. The number of carbonyl (C=O) groups excluding carboxylic acids is 1. The van der Waals surface area contributed by atoms with Crippen LogP contribution in [0, 0.1) is 0 Å². The molecule has 2 atom stereocenters. The van der Waals surface area contributed by atoms with Crippen molar-refractivity contribution < 1.29 is 9.53 Å². The van der Waals surface area contributed by atoms with Gasteiger partial charge in [0.15, 0.2) is 0 Å². The summed E-state index contributed by atoms with van der Waals surface area (Å²) in [5.41, 5.74) is 6.21. The molecule has 0 aromatic heterocycles. The largest absolute Gasteiger partial charge is 0.468 e. The monoisotopic (exact) mass is 269 g/mol. The van der Waals surface area contributed by atoms with Crippen LogP contribution in [-0.4, -0.2) is 18.6 Å². The Hall–Kier alpha value is -0.870. The number of halogens is 1. The van der Waals surface area contributed by atoms with Crippen molar-refractivity contribution >= 4 is 21.9 Å². The average Bonchev–Trinajstić information content (AvgIpc) is 2.92. The maximum absolute atomic E-state index is 11.4. The molecule has 2 rings (SSSR count). The number of benzene rings is 1. The van der Waals surface area contributed by atoms with Crippen molar-refractivity contribution in [2.24, 2.45) is 5.73 Å². The molecular weight excluding hydrogens is 258 g/mol. The van der Waals surface area contributed by atoms with Crippen LogP contribution in [0.15, 0.2) is 28.7 Å². The van der Waals surface area contributed by atoms with Crippen LogP contribution in [-0.2, 0) is 9.53 Å². The number of nitrogens with two attached hydrogens (primary N) is 1. The molecule has 0 radical (unpaired) electrons. The van der Waals surface area contributed by atoms with E-state index in [2.05, 4.69) is 20.7 Å². The van der Waals surface area contributed by atoms with Gasteiger partial charge in [-0.25, -0.2) is 0 Å². The summed E-state index contributed by atoms with van der Waals surface area (Å²) in [4.78, 5) is 11.4. The Morgan fingerprint density at radius 2 is 2.13 bits per heavy atom. The molecule has 1 aliphatic rings. The summed E-state index contributed by atoms with van der Waals surface area (Å²) in [6.07, 6.45) is 0.668. The molecule has 0 aliphatic heterocycles. The summed E-state index contributed by atoms with van der Waals surface area (Å²) in [7, 11) is 1.37. The minimum absolute atomic E-state index is 0.0954. The molecule has 0 saturated heterocycles. The maximum Gasteiger partial charge on any atom is 0.326 e. The molecule has 0 unspecified atom stereocenters. The zero-order valence-electron chi connectivity index (χ0n) is 8.37. The van der Waals surface area contributed by atoms with Crippen LogP contribution in [0.2, 0.25) is 0 Å². The normalized spacial score (nSPS) is 28.6. The number of methoxy groups -OCH3 is 1. The number of hydrogen-bond donors (Lipinski definition) is 1. The molecule has 0 spiro atoms. The zero-order valence-corrected chi connectivity index (χ0v) is 9.95. The molecule has 4 heteroatoms. The van der Waals surface area contributed by atoms with Crippen LogP contribution in [0.25, 0.3) is 0 Å². The highest BCUT2D eigenvalue weighted by Crippen LogP contribution is 2.50. The minimum atomic E-state index is -0.803. The zero-order chi connectivity index (χ0) is 11.1. The van der Waals surface area contributed by atoms with Crippen LogP contribution in [0.4, 0.5) is 0 Å². The molecule has 1 fully saturated rings. The molecule has 1 aromatic carbocycles. The molecule has 1 aromatic rings. The van der Waals surface area contributed by atoms with E-state index in [-0.39, 0.29) is 11.9 Å². The Morgan fingerprint density at radius 1 is 1.53 bits per heavy atom.